The minimum Gasteiger partial charge on any atom is -0.480 e. The highest BCUT2D eigenvalue weighted by Crippen LogP contribution is 1.89. The standard InChI is InChI=1S/C8H14N2O4/c1-5(11)7(12)10-4-3-6(9-2)8(13)14/h6,9H,3-4H2,1-2H3,(H,10,12)(H,13,14). The number of amides is 1. The van der Waals surface area contributed by atoms with Crippen LogP contribution in [0, 0.1) is 0 Å². The van der Waals surface area contributed by atoms with Crippen LogP contribution in [0.2, 0.25) is 0 Å². The molecular formula is C8H14N2O4. The molecule has 80 valence electrons. The molecule has 1 unspecified atom stereocenters. The number of ketones is 1. The van der Waals surface area contributed by atoms with Crippen molar-refractivity contribution in [3.05, 3.63) is 0 Å². The van der Waals surface area contributed by atoms with Gasteiger partial charge in [-0.3, -0.25) is 14.4 Å². The predicted molar refractivity (Wildman–Crippen MR) is 48.8 cm³/mol. The molecule has 0 fully saturated rings. The zero-order valence-electron chi connectivity index (χ0n) is 8.16. The number of aliphatic carboxylic acids is 1. The summed E-state index contributed by atoms with van der Waals surface area (Å²) in [6.07, 6.45) is 0.241. The number of carbonyl (C=O) groups is 3. The molecule has 0 aliphatic rings. The highest BCUT2D eigenvalue weighted by Gasteiger charge is 2.15. The molecule has 6 heteroatoms. The summed E-state index contributed by atoms with van der Waals surface area (Å²) in [5.41, 5.74) is 0. The number of carboxylic acid groups (broad SMARTS) is 1. The maximum Gasteiger partial charge on any atom is 0.320 e. The Bertz CT molecular complexity index is 239. The van der Waals surface area contributed by atoms with E-state index in [0.717, 1.165) is 6.92 Å². The van der Waals surface area contributed by atoms with E-state index in [9.17, 15) is 14.4 Å². The van der Waals surface area contributed by atoms with Crippen LogP contribution in [0.25, 0.3) is 0 Å². The average molecular weight is 202 g/mol. The van der Waals surface area contributed by atoms with Crippen molar-refractivity contribution in [2.75, 3.05) is 13.6 Å². The molecule has 0 spiro atoms. The van der Waals surface area contributed by atoms with E-state index in [0.29, 0.717) is 0 Å². The molecule has 1 amide bonds. The van der Waals surface area contributed by atoms with Gasteiger partial charge in [0.1, 0.15) is 6.04 Å². The summed E-state index contributed by atoms with van der Waals surface area (Å²) in [5.74, 6) is -2.25. The average Bonchev–Trinajstić information content (AvgIpc) is 2.11. The van der Waals surface area contributed by atoms with Crippen molar-refractivity contribution in [3.63, 3.8) is 0 Å². The molecule has 0 saturated heterocycles. The number of hydrogen-bond acceptors (Lipinski definition) is 4. The van der Waals surface area contributed by atoms with Gasteiger partial charge in [0.15, 0.2) is 0 Å². The fourth-order valence-corrected chi connectivity index (χ4v) is 0.846. The van der Waals surface area contributed by atoms with Gasteiger partial charge in [0.05, 0.1) is 0 Å². The quantitative estimate of drug-likeness (QED) is 0.468. The molecule has 0 aromatic heterocycles. The molecule has 6 nitrogen and oxygen atoms in total. The number of carbonyl (C=O) groups excluding carboxylic acids is 2. The lowest BCUT2D eigenvalue weighted by Gasteiger charge is -2.10. The van der Waals surface area contributed by atoms with E-state index in [-0.39, 0.29) is 13.0 Å². The Morgan fingerprint density at radius 1 is 1.36 bits per heavy atom. The van der Waals surface area contributed by atoms with Crippen molar-refractivity contribution in [1.82, 2.24) is 10.6 Å². The van der Waals surface area contributed by atoms with Gasteiger partial charge in [-0.1, -0.05) is 0 Å². The Balaban J connectivity index is 3.77. The van der Waals surface area contributed by atoms with Gasteiger partial charge in [-0.05, 0) is 13.5 Å². The highest BCUT2D eigenvalue weighted by atomic mass is 16.4. The summed E-state index contributed by atoms with van der Waals surface area (Å²) < 4.78 is 0. The lowest BCUT2D eigenvalue weighted by molar-refractivity contribution is -0.139. The van der Waals surface area contributed by atoms with Gasteiger partial charge >= 0.3 is 5.97 Å². The second-order valence-corrected chi connectivity index (χ2v) is 2.78. The Morgan fingerprint density at radius 2 is 1.93 bits per heavy atom. The van der Waals surface area contributed by atoms with E-state index in [2.05, 4.69) is 10.6 Å². The summed E-state index contributed by atoms with van der Waals surface area (Å²) in [4.78, 5) is 31.7. The first-order valence-electron chi connectivity index (χ1n) is 4.18. The minimum atomic E-state index is -0.982. The Morgan fingerprint density at radius 3 is 2.29 bits per heavy atom. The van der Waals surface area contributed by atoms with Crippen LogP contribution in [-0.4, -0.2) is 42.4 Å². The van der Waals surface area contributed by atoms with Crippen LogP contribution in [-0.2, 0) is 14.4 Å². The van der Waals surface area contributed by atoms with E-state index in [1.807, 2.05) is 0 Å². The minimum absolute atomic E-state index is 0.163. The van der Waals surface area contributed by atoms with Crippen LogP contribution in [0.5, 0.6) is 0 Å². The maximum atomic E-state index is 10.8. The summed E-state index contributed by atoms with van der Waals surface area (Å²) in [5, 5.41) is 13.5. The van der Waals surface area contributed by atoms with Gasteiger partial charge in [-0.15, -0.1) is 0 Å². The third-order valence-corrected chi connectivity index (χ3v) is 1.68. The largest absolute Gasteiger partial charge is 0.480 e. The summed E-state index contributed by atoms with van der Waals surface area (Å²) in [6, 6.07) is -0.706. The Labute approximate surface area is 81.7 Å². The lowest BCUT2D eigenvalue weighted by Crippen LogP contribution is -2.39. The Hall–Kier alpha value is -1.43. The van der Waals surface area contributed by atoms with Gasteiger partial charge in [-0.2, -0.15) is 0 Å². The van der Waals surface area contributed by atoms with Gasteiger partial charge < -0.3 is 15.7 Å². The molecule has 0 saturated carbocycles. The van der Waals surface area contributed by atoms with Crippen LogP contribution in [0.3, 0.4) is 0 Å². The lowest BCUT2D eigenvalue weighted by atomic mass is 10.2. The summed E-state index contributed by atoms with van der Waals surface area (Å²) in [7, 11) is 1.52. The normalized spacial score (nSPS) is 11.9. The third-order valence-electron chi connectivity index (χ3n) is 1.68. The third kappa shape index (κ3) is 4.56. The maximum absolute atomic E-state index is 10.8. The van der Waals surface area contributed by atoms with Gasteiger partial charge in [0, 0.05) is 13.5 Å². The van der Waals surface area contributed by atoms with E-state index in [1.54, 1.807) is 0 Å². The van der Waals surface area contributed by atoms with E-state index >= 15 is 0 Å². The molecule has 0 bridgehead atoms. The molecule has 14 heavy (non-hydrogen) atoms. The van der Waals surface area contributed by atoms with Crippen molar-refractivity contribution in [1.29, 1.82) is 0 Å². The first-order valence-corrected chi connectivity index (χ1v) is 4.18. The van der Waals surface area contributed by atoms with Gasteiger partial charge in [0.2, 0.25) is 5.78 Å². The summed E-state index contributed by atoms with van der Waals surface area (Å²) in [6.45, 7) is 1.32. The second kappa shape index (κ2) is 6.09. The number of likely N-dealkylation sites (N-methyl/N-ethyl adjacent to an activating group) is 1. The van der Waals surface area contributed by atoms with Crippen molar-refractivity contribution in [2.45, 2.75) is 19.4 Å². The zero-order valence-corrected chi connectivity index (χ0v) is 8.16. The first kappa shape index (κ1) is 12.6. The number of nitrogens with one attached hydrogen (secondary N) is 2. The molecule has 0 aromatic rings. The van der Waals surface area contributed by atoms with Gasteiger partial charge in [-0.25, -0.2) is 0 Å². The highest BCUT2D eigenvalue weighted by molar-refractivity contribution is 6.35. The van der Waals surface area contributed by atoms with Crippen molar-refractivity contribution in [3.8, 4) is 0 Å². The first-order chi connectivity index (χ1) is 6.49. The van der Waals surface area contributed by atoms with Crippen LogP contribution < -0.4 is 10.6 Å². The molecule has 0 aliphatic carbocycles. The second-order valence-electron chi connectivity index (χ2n) is 2.78. The van der Waals surface area contributed by atoms with Crippen LogP contribution in [0.1, 0.15) is 13.3 Å². The fraction of sp³-hybridized carbons (Fsp3) is 0.625. The molecular weight excluding hydrogens is 188 g/mol. The fourth-order valence-electron chi connectivity index (χ4n) is 0.846. The molecule has 0 radical (unpaired) electrons. The number of Topliss-reactive ketones (excluding diaryl/α,β-unsaturated/α-hetero) is 1. The number of carboxylic acids is 1. The van der Waals surface area contributed by atoms with Crippen molar-refractivity contribution < 1.29 is 19.5 Å². The summed E-state index contributed by atoms with van der Waals surface area (Å²) >= 11 is 0. The van der Waals surface area contributed by atoms with E-state index in [1.165, 1.54) is 7.05 Å². The van der Waals surface area contributed by atoms with Crippen molar-refractivity contribution >= 4 is 17.7 Å². The molecule has 0 aliphatic heterocycles. The monoisotopic (exact) mass is 202 g/mol. The van der Waals surface area contributed by atoms with Crippen LogP contribution in [0.4, 0.5) is 0 Å². The molecule has 3 N–H and O–H groups in total. The SMILES string of the molecule is CNC(CCNC(=O)C(C)=O)C(=O)O. The number of hydrogen-bond donors (Lipinski definition) is 3. The van der Waals surface area contributed by atoms with E-state index in [4.69, 9.17) is 5.11 Å². The van der Waals surface area contributed by atoms with Crippen LogP contribution >= 0.6 is 0 Å². The van der Waals surface area contributed by atoms with Crippen LogP contribution in [0.15, 0.2) is 0 Å². The number of rotatable bonds is 6. The van der Waals surface area contributed by atoms with E-state index < -0.39 is 23.7 Å². The van der Waals surface area contributed by atoms with Gasteiger partial charge in [0.25, 0.3) is 5.91 Å². The molecule has 0 rings (SSSR count). The molecule has 1 atom stereocenters. The molecule has 0 aromatic carbocycles. The predicted octanol–water partition coefficient (Wildman–Crippen LogP) is -1.25. The molecule has 0 heterocycles. The topological polar surface area (TPSA) is 95.5 Å². The smallest absolute Gasteiger partial charge is 0.320 e. The Kier molecular flexibility index (Phi) is 5.47. The zero-order chi connectivity index (χ0) is 11.1. The van der Waals surface area contributed by atoms with Crippen molar-refractivity contribution in [2.24, 2.45) is 0 Å².